The van der Waals surface area contributed by atoms with Gasteiger partial charge in [0.05, 0.1) is 10.8 Å². The smallest absolute Gasteiger partial charge is 0.321 e. The van der Waals surface area contributed by atoms with Crippen LogP contribution in [0.1, 0.15) is 25.7 Å². The maximum absolute atomic E-state index is 12.3. The second-order valence-corrected chi connectivity index (χ2v) is 8.19. The van der Waals surface area contributed by atoms with Gasteiger partial charge in [0, 0.05) is 24.8 Å². The number of carbonyl (C=O) groups is 2. The van der Waals surface area contributed by atoms with E-state index in [1.165, 1.54) is 29.2 Å². The number of aliphatic carboxylic acids is 1. The van der Waals surface area contributed by atoms with Crippen LogP contribution >= 0.6 is 0 Å². The second-order valence-electron chi connectivity index (χ2n) is 6.47. The quantitative estimate of drug-likeness (QED) is 0.728. The molecule has 0 bridgehead atoms. The van der Waals surface area contributed by atoms with Crippen LogP contribution in [0.2, 0.25) is 0 Å². The van der Waals surface area contributed by atoms with Gasteiger partial charge in [0.2, 0.25) is 10.0 Å². The van der Waals surface area contributed by atoms with Crippen LogP contribution in [0.3, 0.4) is 0 Å². The molecule has 3 N–H and O–H groups in total. The van der Waals surface area contributed by atoms with Gasteiger partial charge in [-0.15, -0.1) is 0 Å². The number of rotatable bonds is 5. The molecule has 2 amide bonds. The molecule has 1 saturated heterocycles. The molecule has 1 atom stereocenters. The average Bonchev–Trinajstić information content (AvgIpc) is 3.38. The number of carboxylic acids is 1. The maximum Gasteiger partial charge on any atom is 0.321 e. The molecule has 1 saturated carbocycles. The molecule has 1 unspecified atom stereocenters. The van der Waals surface area contributed by atoms with E-state index in [1.807, 2.05) is 0 Å². The first-order chi connectivity index (χ1) is 11.8. The van der Waals surface area contributed by atoms with Crippen molar-refractivity contribution in [1.82, 2.24) is 9.62 Å². The highest BCUT2D eigenvalue weighted by Gasteiger charge is 2.29. The Labute approximate surface area is 146 Å². The van der Waals surface area contributed by atoms with Gasteiger partial charge in [0.15, 0.2) is 0 Å². The molecule has 1 aliphatic carbocycles. The summed E-state index contributed by atoms with van der Waals surface area (Å²) in [6, 6.07) is 5.59. The van der Waals surface area contributed by atoms with E-state index in [1.54, 1.807) is 0 Å². The van der Waals surface area contributed by atoms with Gasteiger partial charge in [-0.3, -0.25) is 4.79 Å². The molecule has 2 aliphatic rings. The van der Waals surface area contributed by atoms with Crippen molar-refractivity contribution >= 4 is 27.7 Å². The van der Waals surface area contributed by atoms with E-state index in [4.69, 9.17) is 5.11 Å². The van der Waals surface area contributed by atoms with E-state index in [-0.39, 0.29) is 23.5 Å². The fourth-order valence-electron chi connectivity index (χ4n) is 2.77. The Hall–Kier alpha value is -2.13. The zero-order valence-corrected chi connectivity index (χ0v) is 14.5. The molecule has 0 radical (unpaired) electrons. The average molecular weight is 367 g/mol. The number of piperidine rings is 1. The number of carbonyl (C=O) groups excluding carboxylic acids is 1. The number of nitrogens with one attached hydrogen (secondary N) is 2. The molecule has 0 aromatic heterocycles. The number of hydrogen-bond donors (Lipinski definition) is 3. The molecular formula is C16H21N3O5S. The highest BCUT2D eigenvalue weighted by Crippen LogP contribution is 2.23. The number of hydrogen-bond acceptors (Lipinski definition) is 4. The fraction of sp³-hybridized carbons (Fsp3) is 0.500. The molecule has 1 heterocycles. The minimum atomic E-state index is -3.52. The van der Waals surface area contributed by atoms with E-state index in [9.17, 15) is 18.0 Å². The number of nitrogens with zero attached hydrogens (tertiary/aromatic N) is 1. The van der Waals surface area contributed by atoms with Gasteiger partial charge in [-0.1, -0.05) is 0 Å². The summed E-state index contributed by atoms with van der Waals surface area (Å²) in [5.41, 5.74) is 0.466. The van der Waals surface area contributed by atoms with Gasteiger partial charge in [-0.05, 0) is 49.9 Å². The Kier molecular flexibility index (Phi) is 4.96. The number of urea groups is 1. The van der Waals surface area contributed by atoms with Gasteiger partial charge in [-0.25, -0.2) is 17.9 Å². The molecule has 3 rings (SSSR count). The van der Waals surface area contributed by atoms with Crippen LogP contribution in [0.5, 0.6) is 0 Å². The largest absolute Gasteiger partial charge is 0.481 e. The summed E-state index contributed by atoms with van der Waals surface area (Å²) in [5.74, 6) is -1.43. The molecule has 1 aliphatic heterocycles. The van der Waals surface area contributed by atoms with Crippen molar-refractivity contribution in [1.29, 1.82) is 0 Å². The van der Waals surface area contributed by atoms with Crippen LogP contribution in [-0.2, 0) is 14.8 Å². The zero-order valence-electron chi connectivity index (χ0n) is 13.6. The van der Waals surface area contributed by atoms with Crippen LogP contribution < -0.4 is 10.0 Å². The fourth-order valence-corrected chi connectivity index (χ4v) is 4.08. The molecule has 25 heavy (non-hydrogen) atoms. The third-order valence-corrected chi connectivity index (χ3v) is 5.91. The molecule has 136 valence electrons. The number of benzene rings is 1. The molecular weight excluding hydrogens is 346 g/mol. The minimum Gasteiger partial charge on any atom is -0.481 e. The first kappa shape index (κ1) is 17.7. The Balaban J connectivity index is 1.61. The Morgan fingerprint density at radius 2 is 1.80 bits per heavy atom. The van der Waals surface area contributed by atoms with Crippen molar-refractivity contribution in [2.45, 2.75) is 36.6 Å². The van der Waals surface area contributed by atoms with Crippen molar-refractivity contribution in [3.05, 3.63) is 24.3 Å². The summed E-state index contributed by atoms with van der Waals surface area (Å²) in [6.45, 7) is 0.687. The zero-order chi connectivity index (χ0) is 18.0. The van der Waals surface area contributed by atoms with E-state index in [0.717, 1.165) is 12.8 Å². The number of anilines is 1. The lowest BCUT2D eigenvalue weighted by atomic mass is 9.99. The summed E-state index contributed by atoms with van der Waals surface area (Å²) < 4.78 is 26.8. The normalized spacial score (nSPS) is 21.0. The van der Waals surface area contributed by atoms with E-state index in [2.05, 4.69) is 10.0 Å². The van der Waals surface area contributed by atoms with Crippen molar-refractivity contribution in [2.75, 3.05) is 18.4 Å². The summed E-state index contributed by atoms with van der Waals surface area (Å²) in [4.78, 5) is 25.0. The third-order valence-electron chi connectivity index (χ3n) is 4.37. The Morgan fingerprint density at radius 3 is 2.40 bits per heavy atom. The topological polar surface area (TPSA) is 116 Å². The van der Waals surface area contributed by atoms with E-state index >= 15 is 0 Å². The number of sulfonamides is 1. The number of carboxylic acid groups (broad SMARTS) is 1. The standard InChI is InChI=1S/C16H21N3O5S/c20-15(21)11-2-1-9-19(10-11)16(22)17-12-5-7-14(8-6-12)25(23,24)18-13-3-4-13/h5-8,11,13,18H,1-4,9-10H2,(H,17,22)(H,20,21). The van der Waals surface area contributed by atoms with Crippen molar-refractivity contribution in [2.24, 2.45) is 5.92 Å². The molecule has 1 aromatic carbocycles. The van der Waals surface area contributed by atoms with E-state index < -0.39 is 21.9 Å². The van der Waals surface area contributed by atoms with Crippen LogP contribution in [0, 0.1) is 5.92 Å². The summed E-state index contributed by atoms with van der Waals surface area (Å²) >= 11 is 0. The summed E-state index contributed by atoms with van der Waals surface area (Å²) in [5, 5.41) is 11.8. The second kappa shape index (κ2) is 7.01. The number of likely N-dealkylation sites (tertiary alicyclic amines) is 1. The van der Waals surface area contributed by atoms with Crippen molar-refractivity contribution in [3.63, 3.8) is 0 Å². The van der Waals surface area contributed by atoms with E-state index in [0.29, 0.717) is 25.1 Å². The Morgan fingerprint density at radius 1 is 1.12 bits per heavy atom. The monoisotopic (exact) mass is 367 g/mol. The molecule has 8 nitrogen and oxygen atoms in total. The maximum atomic E-state index is 12.3. The number of amides is 2. The van der Waals surface area contributed by atoms with Gasteiger partial charge in [0.1, 0.15) is 0 Å². The summed E-state index contributed by atoms with van der Waals surface area (Å²) in [7, 11) is -3.52. The van der Waals surface area contributed by atoms with Crippen LogP contribution in [-0.4, -0.2) is 49.6 Å². The van der Waals surface area contributed by atoms with Gasteiger partial charge >= 0.3 is 12.0 Å². The van der Waals surface area contributed by atoms with Crippen LogP contribution in [0.25, 0.3) is 0 Å². The lowest BCUT2D eigenvalue weighted by Gasteiger charge is -2.30. The van der Waals surface area contributed by atoms with Gasteiger partial charge < -0.3 is 15.3 Å². The summed E-state index contributed by atoms with van der Waals surface area (Å²) in [6.07, 6.45) is 2.94. The first-order valence-electron chi connectivity index (χ1n) is 8.26. The third kappa shape index (κ3) is 4.49. The molecule has 0 spiro atoms. The predicted molar refractivity (Wildman–Crippen MR) is 90.7 cm³/mol. The highest BCUT2D eigenvalue weighted by molar-refractivity contribution is 7.89. The van der Waals surface area contributed by atoms with Gasteiger partial charge in [-0.2, -0.15) is 0 Å². The van der Waals surface area contributed by atoms with Crippen molar-refractivity contribution in [3.8, 4) is 0 Å². The van der Waals surface area contributed by atoms with Gasteiger partial charge in [0.25, 0.3) is 0 Å². The Bertz CT molecular complexity index is 758. The van der Waals surface area contributed by atoms with Crippen LogP contribution in [0.15, 0.2) is 29.2 Å². The minimum absolute atomic E-state index is 0.0330. The SMILES string of the molecule is O=C(O)C1CCCN(C(=O)Nc2ccc(S(=O)(=O)NC3CC3)cc2)C1. The predicted octanol–water partition coefficient (Wildman–Crippen LogP) is 1.46. The first-order valence-corrected chi connectivity index (χ1v) is 9.74. The molecule has 1 aromatic rings. The lowest BCUT2D eigenvalue weighted by Crippen LogP contribution is -2.44. The van der Waals surface area contributed by atoms with Crippen molar-refractivity contribution < 1.29 is 23.1 Å². The molecule has 2 fully saturated rings. The lowest BCUT2D eigenvalue weighted by molar-refractivity contribution is -0.143. The van der Waals surface area contributed by atoms with Crippen LogP contribution in [0.4, 0.5) is 10.5 Å². The highest BCUT2D eigenvalue weighted by atomic mass is 32.2. The molecule has 9 heteroatoms.